The van der Waals surface area contributed by atoms with Crippen molar-refractivity contribution in [3.63, 3.8) is 0 Å². The highest BCUT2D eigenvalue weighted by atomic mass is 16.1. The minimum absolute atomic E-state index is 0.183. The maximum atomic E-state index is 12.4. The summed E-state index contributed by atoms with van der Waals surface area (Å²) in [6.45, 7) is 2.76. The van der Waals surface area contributed by atoms with Crippen LogP contribution < -0.4 is 15.5 Å². The Kier molecular flexibility index (Phi) is 5.52. The van der Waals surface area contributed by atoms with E-state index in [1.54, 1.807) is 12.3 Å². The van der Waals surface area contributed by atoms with Crippen LogP contribution in [0.25, 0.3) is 0 Å². The fraction of sp³-hybridized carbons (Fsp3) is 0.217. The summed E-state index contributed by atoms with van der Waals surface area (Å²) in [5.41, 5.74) is 4.55. The molecule has 0 aliphatic carbocycles. The summed E-state index contributed by atoms with van der Waals surface area (Å²) in [7, 11) is 0. The van der Waals surface area contributed by atoms with Crippen molar-refractivity contribution in [2.75, 3.05) is 23.3 Å². The zero-order valence-corrected chi connectivity index (χ0v) is 15.8. The third kappa shape index (κ3) is 4.49. The van der Waals surface area contributed by atoms with Crippen LogP contribution in [0.5, 0.6) is 0 Å². The maximum absolute atomic E-state index is 12.4. The molecule has 28 heavy (non-hydrogen) atoms. The molecule has 4 rings (SSSR count). The Hall–Kier alpha value is -3.34. The van der Waals surface area contributed by atoms with Gasteiger partial charge in [0.15, 0.2) is 0 Å². The van der Waals surface area contributed by atoms with Crippen LogP contribution in [0.4, 0.5) is 17.1 Å². The second-order valence-corrected chi connectivity index (χ2v) is 6.96. The zero-order chi connectivity index (χ0) is 19.2. The van der Waals surface area contributed by atoms with Gasteiger partial charge in [-0.2, -0.15) is 0 Å². The van der Waals surface area contributed by atoms with E-state index in [-0.39, 0.29) is 5.91 Å². The largest absolute Gasteiger partial charge is 0.372 e. The average Bonchev–Trinajstić information content (AvgIpc) is 3.28. The molecule has 1 saturated heterocycles. The normalized spacial score (nSPS) is 13.4. The number of aromatic nitrogens is 1. The van der Waals surface area contributed by atoms with E-state index >= 15 is 0 Å². The number of anilines is 3. The predicted octanol–water partition coefficient (Wildman–Crippen LogP) is 4.36. The molecule has 2 aromatic carbocycles. The lowest BCUT2D eigenvalue weighted by Gasteiger charge is -2.18. The Morgan fingerprint density at radius 3 is 2.43 bits per heavy atom. The molecular weight excluding hydrogens is 348 g/mol. The fourth-order valence-corrected chi connectivity index (χ4v) is 3.40. The van der Waals surface area contributed by atoms with E-state index in [2.05, 4.69) is 44.8 Å². The van der Waals surface area contributed by atoms with Crippen molar-refractivity contribution in [3.05, 3.63) is 84.2 Å². The van der Waals surface area contributed by atoms with E-state index in [1.807, 2.05) is 36.4 Å². The van der Waals surface area contributed by atoms with Crippen molar-refractivity contribution in [2.24, 2.45) is 0 Å². The van der Waals surface area contributed by atoms with Gasteiger partial charge in [0.2, 0.25) is 0 Å². The van der Waals surface area contributed by atoms with Crippen molar-refractivity contribution in [1.82, 2.24) is 10.3 Å². The Morgan fingerprint density at radius 1 is 0.929 bits per heavy atom. The molecule has 1 aliphatic rings. The van der Waals surface area contributed by atoms with Gasteiger partial charge in [0.25, 0.3) is 5.91 Å². The minimum Gasteiger partial charge on any atom is -0.372 e. The van der Waals surface area contributed by atoms with Gasteiger partial charge in [0.05, 0.1) is 0 Å². The minimum atomic E-state index is -0.183. The fourth-order valence-electron chi connectivity index (χ4n) is 3.40. The third-order valence-corrected chi connectivity index (χ3v) is 4.92. The summed E-state index contributed by atoms with van der Waals surface area (Å²) < 4.78 is 0. The Labute approximate surface area is 165 Å². The average molecular weight is 372 g/mol. The summed E-state index contributed by atoms with van der Waals surface area (Å²) in [6, 6.07) is 21.9. The molecule has 1 aliphatic heterocycles. The number of hydrogen-bond donors (Lipinski definition) is 2. The number of carbonyl (C=O) groups is 1. The molecular formula is C23H24N4O. The van der Waals surface area contributed by atoms with Crippen molar-refractivity contribution in [2.45, 2.75) is 19.4 Å². The van der Waals surface area contributed by atoms with Gasteiger partial charge in [-0.05, 0) is 54.8 Å². The number of amides is 1. The van der Waals surface area contributed by atoms with Gasteiger partial charge in [0.1, 0.15) is 5.69 Å². The van der Waals surface area contributed by atoms with Gasteiger partial charge in [-0.1, -0.05) is 30.3 Å². The first-order valence-corrected chi connectivity index (χ1v) is 9.68. The van der Waals surface area contributed by atoms with Gasteiger partial charge >= 0.3 is 0 Å². The molecule has 5 nitrogen and oxygen atoms in total. The van der Waals surface area contributed by atoms with Crippen LogP contribution in [0.1, 0.15) is 28.9 Å². The zero-order valence-electron chi connectivity index (χ0n) is 15.8. The first kappa shape index (κ1) is 18.0. The summed E-state index contributed by atoms with van der Waals surface area (Å²) in [6.07, 6.45) is 4.19. The van der Waals surface area contributed by atoms with Crippen molar-refractivity contribution >= 4 is 23.0 Å². The Morgan fingerprint density at radius 2 is 1.68 bits per heavy atom. The molecule has 1 fully saturated rings. The van der Waals surface area contributed by atoms with Crippen LogP contribution in [-0.2, 0) is 6.54 Å². The SMILES string of the molecule is O=C(NCc1ccccc1)c1cc(Nc2ccc(N3CCCC3)cc2)ccn1. The standard InChI is InChI=1S/C23H24N4O/c28-23(25-17-18-6-2-1-3-7-18)22-16-20(12-13-24-22)26-19-8-10-21(11-9-19)27-14-4-5-15-27/h1-3,6-13,16H,4-5,14-15,17H2,(H,24,26)(H,25,28). The molecule has 1 aromatic heterocycles. The molecule has 3 aromatic rings. The number of nitrogens with zero attached hydrogens (tertiary/aromatic N) is 2. The number of hydrogen-bond acceptors (Lipinski definition) is 4. The van der Waals surface area contributed by atoms with Gasteiger partial charge in [0, 0.05) is 42.9 Å². The molecule has 0 spiro atoms. The van der Waals surface area contributed by atoms with Gasteiger partial charge < -0.3 is 15.5 Å². The smallest absolute Gasteiger partial charge is 0.270 e. The van der Waals surface area contributed by atoms with Crippen molar-refractivity contribution in [1.29, 1.82) is 0 Å². The molecule has 2 heterocycles. The highest BCUT2D eigenvalue weighted by Crippen LogP contribution is 2.24. The van der Waals surface area contributed by atoms with E-state index < -0.39 is 0 Å². The maximum Gasteiger partial charge on any atom is 0.270 e. The second-order valence-electron chi connectivity index (χ2n) is 6.96. The van der Waals surface area contributed by atoms with Crippen molar-refractivity contribution in [3.8, 4) is 0 Å². The van der Waals surface area contributed by atoms with E-state index in [1.165, 1.54) is 18.5 Å². The molecule has 0 atom stereocenters. The predicted molar refractivity (Wildman–Crippen MR) is 113 cm³/mol. The van der Waals surface area contributed by atoms with Crippen LogP contribution in [0, 0.1) is 0 Å². The van der Waals surface area contributed by atoms with E-state index in [4.69, 9.17) is 0 Å². The first-order chi connectivity index (χ1) is 13.8. The molecule has 0 saturated carbocycles. The molecule has 0 radical (unpaired) electrons. The van der Waals surface area contributed by atoms with Crippen LogP contribution in [0.2, 0.25) is 0 Å². The van der Waals surface area contributed by atoms with Gasteiger partial charge in [-0.25, -0.2) is 0 Å². The Balaban J connectivity index is 1.38. The van der Waals surface area contributed by atoms with E-state index in [0.717, 1.165) is 30.0 Å². The molecule has 0 unspecified atom stereocenters. The summed E-state index contributed by atoms with van der Waals surface area (Å²) in [4.78, 5) is 19.0. The number of nitrogens with one attached hydrogen (secondary N) is 2. The summed E-state index contributed by atoms with van der Waals surface area (Å²) >= 11 is 0. The molecule has 1 amide bonds. The first-order valence-electron chi connectivity index (χ1n) is 9.68. The third-order valence-electron chi connectivity index (χ3n) is 4.92. The highest BCUT2D eigenvalue weighted by molar-refractivity contribution is 5.93. The lowest BCUT2D eigenvalue weighted by molar-refractivity contribution is 0.0946. The van der Waals surface area contributed by atoms with Crippen LogP contribution in [0.3, 0.4) is 0 Å². The van der Waals surface area contributed by atoms with Gasteiger partial charge in [-0.3, -0.25) is 9.78 Å². The Bertz CT molecular complexity index is 919. The molecule has 2 N–H and O–H groups in total. The molecule has 142 valence electrons. The van der Waals surface area contributed by atoms with E-state index in [0.29, 0.717) is 12.2 Å². The number of pyridine rings is 1. The van der Waals surface area contributed by atoms with Crippen LogP contribution in [-0.4, -0.2) is 24.0 Å². The lowest BCUT2D eigenvalue weighted by Crippen LogP contribution is -2.23. The van der Waals surface area contributed by atoms with Crippen molar-refractivity contribution < 1.29 is 4.79 Å². The monoisotopic (exact) mass is 372 g/mol. The van der Waals surface area contributed by atoms with Crippen LogP contribution in [0.15, 0.2) is 72.9 Å². The molecule has 0 bridgehead atoms. The number of rotatable bonds is 6. The van der Waals surface area contributed by atoms with Gasteiger partial charge in [-0.15, -0.1) is 0 Å². The summed E-state index contributed by atoms with van der Waals surface area (Å²) in [5, 5.41) is 6.26. The van der Waals surface area contributed by atoms with E-state index in [9.17, 15) is 4.79 Å². The second kappa shape index (κ2) is 8.57. The molecule has 5 heteroatoms. The lowest BCUT2D eigenvalue weighted by atomic mass is 10.2. The quantitative estimate of drug-likeness (QED) is 0.675. The number of carbonyl (C=O) groups excluding carboxylic acids is 1. The topological polar surface area (TPSA) is 57.3 Å². The summed E-state index contributed by atoms with van der Waals surface area (Å²) in [5.74, 6) is -0.183. The number of benzene rings is 2. The highest BCUT2D eigenvalue weighted by Gasteiger charge is 2.12. The van der Waals surface area contributed by atoms with Crippen LogP contribution >= 0.6 is 0 Å².